The lowest BCUT2D eigenvalue weighted by molar-refractivity contribution is 0.881. The van der Waals surface area contributed by atoms with Crippen molar-refractivity contribution in [2.45, 2.75) is 6.42 Å². The first kappa shape index (κ1) is 10.0. The summed E-state index contributed by atoms with van der Waals surface area (Å²) in [6.07, 6.45) is 4.21. The van der Waals surface area contributed by atoms with Gasteiger partial charge in [-0.25, -0.2) is 0 Å². The molecule has 0 amide bonds. The third kappa shape index (κ3) is 2.72. The van der Waals surface area contributed by atoms with Crippen LogP contribution in [0.2, 0.25) is 0 Å². The average Bonchev–Trinajstić information content (AvgIpc) is 2.74. The second-order valence-corrected chi connectivity index (χ2v) is 3.71. The van der Waals surface area contributed by atoms with E-state index < -0.39 is 0 Å². The van der Waals surface area contributed by atoms with Crippen LogP contribution < -0.4 is 5.32 Å². The van der Waals surface area contributed by atoms with Crippen LogP contribution >= 0.6 is 15.9 Å². The summed E-state index contributed by atoms with van der Waals surface area (Å²) in [4.78, 5) is 3.98. The molecule has 2 aromatic rings. The molecule has 0 spiro atoms. The quantitative estimate of drug-likeness (QED) is 0.866. The van der Waals surface area contributed by atoms with Gasteiger partial charge in [0.05, 0.1) is 10.2 Å². The predicted octanol–water partition coefficient (Wildman–Crippen LogP) is 1.01. The van der Waals surface area contributed by atoms with Gasteiger partial charge >= 0.3 is 0 Å². The number of nitrogens with one attached hydrogen (secondary N) is 2. The Hall–Kier alpha value is -1.50. The SMILES string of the molecule is Brc1cnccc1NCCc1nn[nH]n1. The molecule has 0 aliphatic heterocycles. The van der Waals surface area contributed by atoms with E-state index in [9.17, 15) is 0 Å². The average molecular weight is 269 g/mol. The van der Waals surface area contributed by atoms with Crippen LogP contribution in [0.25, 0.3) is 0 Å². The summed E-state index contributed by atoms with van der Waals surface area (Å²) in [6.45, 7) is 0.752. The number of hydrogen-bond acceptors (Lipinski definition) is 5. The highest BCUT2D eigenvalue weighted by molar-refractivity contribution is 9.10. The van der Waals surface area contributed by atoms with Crippen molar-refractivity contribution in [2.24, 2.45) is 0 Å². The number of rotatable bonds is 4. The first-order valence-electron chi connectivity index (χ1n) is 4.42. The zero-order valence-electron chi connectivity index (χ0n) is 7.81. The monoisotopic (exact) mass is 268 g/mol. The minimum atomic E-state index is 0.702. The molecule has 0 aromatic carbocycles. The zero-order valence-corrected chi connectivity index (χ0v) is 9.40. The summed E-state index contributed by atoms with van der Waals surface area (Å²) in [6, 6.07) is 1.90. The van der Waals surface area contributed by atoms with E-state index >= 15 is 0 Å². The zero-order chi connectivity index (χ0) is 10.5. The number of halogens is 1. The Balaban J connectivity index is 1.86. The summed E-state index contributed by atoms with van der Waals surface area (Å²) >= 11 is 3.40. The molecule has 0 fully saturated rings. The lowest BCUT2D eigenvalue weighted by atomic mass is 10.3. The Labute approximate surface area is 94.6 Å². The molecule has 2 rings (SSSR count). The van der Waals surface area contributed by atoms with Crippen molar-refractivity contribution < 1.29 is 0 Å². The number of aromatic amines is 1. The maximum atomic E-state index is 3.98. The van der Waals surface area contributed by atoms with Crippen molar-refractivity contribution in [1.82, 2.24) is 25.6 Å². The Morgan fingerprint density at radius 3 is 3.13 bits per heavy atom. The first-order valence-corrected chi connectivity index (χ1v) is 5.21. The van der Waals surface area contributed by atoms with Gasteiger partial charge < -0.3 is 5.32 Å². The Kier molecular flexibility index (Phi) is 3.23. The number of anilines is 1. The second-order valence-electron chi connectivity index (χ2n) is 2.86. The van der Waals surface area contributed by atoms with E-state index in [1.165, 1.54) is 0 Å². The lowest BCUT2D eigenvalue weighted by Crippen LogP contribution is -2.06. The summed E-state index contributed by atoms with van der Waals surface area (Å²) in [5, 5.41) is 16.9. The molecule has 7 heteroatoms. The summed E-state index contributed by atoms with van der Waals surface area (Å²) < 4.78 is 0.943. The Morgan fingerprint density at radius 1 is 1.47 bits per heavy atom. The van der Waals surface area contributed by atoms with E-state index in [-0.39, 0.29) is 0 Å². The largest absolute Gasteiger partial charge is 0.384 e. The van der Waals surface area contributed by atoms with Crippen LogP contribution in [0.15, 0.2) is 22.9 Å². The summed E-state index contributed by atoms with van der Waals surface area (Å²) in [5.41, 5.74) is 1.01. The highest BCUT2D eigenvalue weighted by atomic mass is 79.9. The molecular formula is C8H9BrN6. The van der Waals surface area contributed by atoms with Crippen molar-refractivity contribution in [3.05, 3.63) is 28.8 Å². The number of aromatic nitrogens is 5. The summed E-state index contributed by atoms with van der Waals surface area (Å²) in [5.74, 6) is 0.702. The van der Waals surface area contributed by atoms with Gasteiger partial charge in [0.25, 0.3) is 0 Å². The summed E-state index contributed by atoms with van der Waals surface area (Å²) in [7, 11) is 0. The highest BCUT2D eigenvalue weighted by Gasteiger charge is 2.00. The molecule has 78 valence electrons. The van der Waals surface area contributed by atoms with Gasteiger partial charge in [-0.3, -0.25) is 4.98 Å². The molecule has 0 aliphatic carbocycles. The highest BCUT2D eigenvalue weighted by Crippen LogP contribution is 2.19. The van der Waals surface area contributed by atoms with Crippen molar-refractivity contribution in [1.29, 1.82) is 0 Å². The van der Waals surface area contributed by atoms with Crippen LogP contribution in [0, 0.1) is 0 Å². The van der Waals surface area contributed by atoms with E-state index in [4.69, 9.17) is 0 Å². The fraction of sp³-hybridized carbons (Fsp3) is 0.250. The number of pyridine rings is 1. The molecule has 0 aliphatic rings. The van der Waals surface area contributed by atoms with Gasteiger partial charge in [-0.1, -0.05) is 5.21 Å². The van der Waals surface area contributed by atoms with E-state index in [1.54, 1.807) is 12.4 Å². The van der Waals surface area contributed by atoms with Gasteiger partial charge in [-0.05, 0) is 22.0 Å². The number of hydrogen-bond donors (Lipinski definition) is 2. The smallest absolute Gasteiger partial charge is 0.176 e. The van der Waals surface area contributed by atoms with Crippen molar-refractivity contribution in [2.75, 3.05) is 11.9 Å². The molecule has 0 saturated heterocycles. The third-order valence-corrected chi connectivity index (χ3v) is 2.46. The topological polar surface area (TPSA) is 79.4 Å². The molecule has 2 heterocycles. The fourth-order valence-corrected chi connectivity index (χ4v) is 1.51. The fourth-order valence-electron chi connectivity index (χ4n) is 1.12. The molecule has 0 bridgehead atoms. The number of H-pyrrole nitrogens is 1. The maximum absolute atomic E-state index is 3.98. The van der Waals surface area contributed by atoms with Gasteiger partial charge in [-0.2, -0.15) is 5.21 Å². The van der Waals surface area contributed by atoms with Crippen LogP contribution in [0.4, 0.5) is 5.69 Å². The van der Waals surface area contributed by atoms with E-state index in [0.717, 1.165) is 23.1 Å². The van der Waals surface area contributed by atoms with E-state index in [1.807, 2.05) is 6.07 Å². The maximum Gasteiger partial charge on any atom is 0.176 e. The lowest BCUT2D eigenvalue weighted by Gasteiger charge is -2.05. The first-order chi connectivity index (χ1) is 7.36. The molecule has 0 radical (unpaired) electrons. The third-order valence-electron chi connectivity index (χ3n) is 1.83. The van der Waals surface area contributed by atoms with Crippen molar-refractivity contribution >= 4 is 21.6 Å². The molecular weight excluding hydrogens is 260 g/mol. The Bertz CT molecular complexity index is 415. The molecule has 15 heavy (non-hydrogen) atoms. The van der Waals surface area contributed by atoms with Crippen molar-refractivity contribution in [3.63, 3.8) is 0 Å². The van der Waals surface area contributed by atoms with Crippen LogP contribution in [0.3, 0.4) is 0 Å². The van der Waals surface area contributed by atoms with Crippen molar-refractivity contribution in [3.8, 4) is 0 Å². The molecule has 0 atom stereocenters. The van der Waals surface area contributed by atoms with Gasteiger partial charge in [0, 0.05) is 25.4 Å². The normalized spacial score (nSPS) is 10.2. The van der Waals surface area contributed by atoms with Gasteiger partial charge in [-0.15, -0.1) is 10.2 Å². The minimum Gasteiger partial charge on any atom is -0.384 e. The minimum absolute atomic E-state index is 0.702. The molecule has 0 saturated carbocycles. The van der Waals surface area contributed by atoms with Crippen LogP contribution in [0.1, 0.15) is 5.82 Å². The second kappa shape index (κ2) is 4.83. The molecule has 6 nitrogen and oxygen atoms in total. The van der Waals surface area contributed by atoms with Gasteiger partial charge in [0.2, 0.25) is 0 Å². The molecule has 0 unspecified atom stereocenters. The molecule has 2 N–H and O–H groups in total. The van der Waals surface area contributed by atoms with Gasteiger partial charge in [0.15, 0.2) is 5.82 Å². The number of tetrazole rings is 1. The number of nitrogens with zero attached hydrogens (tertiary/aromatic N) is 4. The van der Waals surface area contributed by atoms with Crippen LogP contribution in [-0.4, -0.2) is 32.2 Å². The Morgan fingerprint density at radius 2 is 2.40 bits per heavy atom. The van der Waals surface area contributed by atoms with Crippen LogP contribution in [-0.2, 0) is 6.42 Å². The van der Waals surface area contributed by atoms with Crippen LogP contribution in [0.5, 0.6) is 0 Å². The van der Waals surface area contributed by atoms with Gasteiger partial charge in [0.1, 0.15) is 0 Å². The standard InChI is InChI=1S/C8H9BrN6/c9-6-5-10-3-1-7(6)11-4-2-8-12-14-15-13-8/h1,3,5H,2,4H2,(H,10,11)(H,12,13,14,15). The molecule has 2 aromatic heterocycles. The predicted molar refractivity (Wildman–Crippen MR) is 58.3 cm³/mol. The van der Waals surface area contributed by atoms with E-state index in [0.29, 0.717) is 5.82 Å². The van der Waals surface area contributed by atoms with E-state index in [2.05, 4.69) is 46.9 Å².